The number of carbonyl (C=O) groups is 1. The summed E-state index contributed by atoms with van der Waals surface area (Å²) in [6.45, 7) is 6.06. The maximum Gasteiger partial charge on any atom is 0.266 e. The van der Waals surface area contributed by atoms with E-state index in [1.54, 1.807) is 49.6 Å². The molecule has 0 spiro atoms. The van der Waals surface area contributed by atoms with Crippen molar-refractivity contribution in [1.29, 1.82) is 10.5 Å². The van der Waals surface area contributed by atoms with E-state index in [4.69, 9.17) is 14.7 Å². The highest BCUT2D eigenvalue weighted by Gasteiger charge is 2.14. The molecule has 0 aromatic heterocycles. The molecule has 0 fully saturated rings. The van der Waals surface area contributed by atoms with Crippen molar-refractivity contribution in [3.05, 3.63) is 93.6 Å². The zero-order chi connectivity index (χ0) is 24.7. The van der Waals surface area contributed by atoms with E-state index in [9.17, 15) is 10.1 Å². The number of anilines is 1. The van der Waals surface area contributed by atoms with E-state index in [1.807, 2.05) is 45.0 Å². The molecule has 34 heavy (non-hydrogen) atoms. The summed E-state index contributed by atoms with van der Waals surface area (Å²) < 4.78 is 11.3. The lowest BCUT2D eigenvalue weighted by Gasteiger charge is -2.13. The molecule has 0 heterocycles. The van der Waals surface area contributed by atoms with Gasteiger partial charge < -0.3 is 14.8 Å². The number of nitrogens with one attached hydrogen (secondary N) is 1. The summed E-state index contributed by atoms with van der Waals surface area (Å²) in [5.41, 5.74) is 5.66. The second kappa shape index (κ2) is 10.8. The minimum absolute atomic E-state index is 0.0106. The minimum Gasteiger partial charge on any atom is -0.496 e. The average Bonchev–Trinajstić information content (AvgIpc) is 2.83. The third kappa shape index (κ3) is 5.82. The number of hydrogen-bond donors (Lipinski definition) is 1. The molecule has 0 unspecified atom stereocenters. The van der Waals surface area contributed by atoms with Crippen molar-refractivity contribution in [3.8, 4) is 23.6 Å². The second-order valence-corrected chi connectivity index (χ2v) is 7.89. The number of carbonyl (C=O) groups excluding carboxylic acids is 1. The number of amides is 1. The molecule has 0 saturated heterocycles. The molecule has 0 atom stereocenters. The van der Waals surface area contributed by atoms with Crippen LogP contribution in [-0.2, 0) is 11.4 Å². The lowest BCUT2D eigenvalue weighted by atomic mass is 10.0. The Morgan fingerprint density at radius 1 is 1.00 bits per heavy atom. The molecule has 6 heteroatoms. The predicted molar refractivity (Wildman–Crippen MR) is 131 cm³/mol. The highest BCUT2D eigenvalue weighted by Crippen LogP contribution is 2.25. The Bertz CT molecular complexity index is 1300. The summed E-state index contributed by atoms with van der Waals surface area (Å²) in [6.07, 6.45) is 1.54. The van der Waals surface area contributed by atoms with Gasteiger partial charge in [-0.05, 0) is 79.9 Å². The van der Waals surface area contributed by atoms with Crippen LogP contribution < -0.4 is 14.8 Å². The van der Waals surface area contributed by atoms with Gasteiger partial charge in [0.25, 0.3) is 5.91 Å². The number of rotatable bonds is 7. The van der Waals surface area contributed by atoms with Crippen molar-refractivity contribution >= 4 is 17.7 Å². The normalized spacial score (nSPS) is 10.7. The van der Waals surface area contributed by atoms with E-state index in [0.717, 1.165) is 22.3 Å². The van der Waals surface area contributed by atoms with E-state index in [2.05, 4.69) is 11.4 Å². The summed E-state index contributed by atoms with van der Waals surface area (Å²) >= 11 is 0. The zero-order valence-electron chi connectivity index (χ0n) is 19.6. The van der Waals surface area contributed by atoms with Crippen molar-refractivity contribution in [2.75, 3.05) is 12.4 Å². The highest BCUT2D eigenvalue weighted by atomic mass is 16.5. The van der Waals surface area contributed by atoms with Crippen LogP contribution in [0.4, 0.5) is 5.69 Å². The number of ether oxygens (including phenoxy) is 2. The molecule has 3 rings (SSSR count). The number of nitrogens with zero attached hydrogens (tertiary/aromatic N) is 2. The SMILES string of the molecule is COc1ccc(C=C(C#N)C(=O)Nc2c(C)cc(C)cc2C)cc1COc1ccc(C#N)cc1. The van der Waals surface area contributed by atoms with E-state index >= 15 is 0 Å². The minimum atomic E-state index is -0.469. The van der Waals surface area contributed by atoms with Gasteiger partial charge in [0.2, 0.25) is 0 Å². The highest BCUT2D eigenvalue weighted by molar-refractivity contribution is 6.10. The van der Waals surface area contributed by atoms with Gasteiger partial charge in [-0.25, -0.2) is 0 Å². The van der Waals surface area contributed by atoms with Crippen LogP contribution in [0.1, 0.15) is 33.4 Å². The Morgan fingerprint density at radius 3 is 2.26 bits per heavy atom. The van der Waals surface area contributed by atoms with Crippen LogP contribution in [0.15, 0.2) is 60.2 Å². The molecule has 6 nitrogen and oxygen atoms in total. The Hall–Kier alpha value is -4.55. The lowest BCUT2D eigenvalue weighted by Crippen LogP contribution is -2.15. The number of benzene rings is 3. The van der Waals surface area contributed by atoms with Gasteiger partial charge in [-0.1, -0.05) is 23.8 Å². The quantitative estimate of drug-likeness (QED) is 0.372. The number of hydrogen-bond acceptors (Lipinski definition) is 5. The summed E-state index contributed by atoms with van der Waals surface area (Å²) in [6, 6.07) is 20.2. The largest absolute Gasteiger partial charge is 0.496 e. The average molecular weight is 452 g/mol. The Labute approximate surface area is 199 Å². The van der Waals surface area contributed by atoms with Gasteiger partial charge in [-0.3, -0.25) is 4.79 Å². The van der Waals surface area contributed by atoms with Crippen LogP contribution in [-0.4, -0.2) is 13.0 Å². The molecule has 0 bridgehead atoms. The third-order valence-electron chi connectivity index (χ3n) is 5.27. The van der Waals surface area contributed by atoms with Crippen molar-refractivity contribution in [1.82, 2.24) is 0 Å². The van der Waals surface area contributed by atoms with Gasteiger partial charge in [0.05, 0.1) is 18.7 Å². The van der Waals surface area contributed by atoms with Crippen molar-refractivity contribution in [2.24, 2.45) is 0 Å². The van der Waals surface area contributed by atoms with Crippen LogP contribution in [0.5, 0.6) is 11.5 Å². The molecular weight excluding hydrogens is 426 g/mol. The fourth-order valence-corrected chi connectivity index (χ4v) is 3.66. The van der Waals surface area contributed by atoms with E-state index in [1.165, 1.54) is 0 Å². The molecule has 1 amide bonds. The first-order valence-corrected chi connectivity index (χ1v) is 10.7. The van der Waals surface area contributed by atoms with Gasteiger partial charge in [0.15, 0.2) is 0 Å². The van der Waals surface area contributed by atoms with Crippen LogP contribution in [0.3, 0.4) is 0 Å². The maximum atomic E-state index is 12.8. The van der Waals surface area contributed by atoms with Crippen LogP contribution in [0.2, 0.25) is 0 Å². The molecule has 0 aliphatic heterocycles. The summed E-state index contributed by atoms with van der Waals surface area (Å²) in [7, 11) is 1.57. The van der Waals surface area contributed by atoms with E-state index in [0.29, 0.717) is 28.3 Å². The maximum absolute atomic E-state index is 12.8. The predicted octanol–water partition coefficient (Wildman–Crippen LogP) is 5.62. The molecule has 3 aromatic rings. The Balaban J connectivity index is 1.82. The molecular formula is C28H25N3O3. The van der Waals surface area contributed by atoms with E-state index < -0.39 is 5.91 Å². The van der Waals surface area contributed by atoms with Crippen molar-refractivity contribution in [3.63, 3.8) is 0 Å². The first-order valence-electron chi connectivity index (χ1n) is 10.7. The molecule has 3 aromatic carbocycles. The molecule has 170 valence electrons. The second-order valence-electron chi connectivity index (χ2n) is 7.89. The summed E-state index contributed by atoms with van der Waals surface area (Å²) in [5, 5.41) is 21.4. The molecule has 0 radical (unpaired) electrons. The molecule has 0 aliphatic carbocycles. The van der Waals surface area contributed by atoms with Crippen LogP contribution in [0, 0.1) is 43.4 Å². The number of nitriles is 2. The zero-order valence-corrected chi connectivity index (χ0v) is 19.6. The first-order chi connectivity index (χ1) is 16.3. The van der Waals surface area contributed by atoms with Gasteiger partial charge >= 0.3 is 0 Å². The third-order valence-corrected chi connectivity index (χ3v) is 5.27. The van der Waals surface area contributed by atoms with Crippen LogP contribution >= 0.6 is 0 Å². The van der Waals surface area contributed by atoms with Crippen LogP contribution in [0.25, 0.3) is 6.08 Å². The van der Waals surface area contributed by atoms with E-state index in [-0.39, 0.29) is 12.2 Å². The van der Waals surface area contributed by atoms with Crippen molar-refractivity contribution in [2.45, 2.75) is 27.4 Å². The monoisotopic (exact) mass is 451 g/mol. The molecule has 0 saturated carbocycles. The van der Waals surface area contributed by atoms with Gasteiger partial charge in [0, 0.05) is 11.3 Å². The number of aryl methyl sites for hydroxylation is 3. The Morgan fingerprint density at radius 2 is 1.68 bits per heavy atom. The molecule has 1 N–H and O–H groups in total. The fourth-order valence-electron chi connectivity index (χ4n) is 3.66. The lowest BCUT2D eigenvalue weighted by molar-refractivity contribution is -0.112. The fraction of sp³-hybridized carbons (Fsp3) is 0.179. The Kier molecular flexibility index (Phi) is 7.69. The summed E-state index contributed by atoms with van der Waals surface area (Å²) in [5.74, 6) is 0.770. The van der Waals surface area contributed by atoms with Gasteiger partial charge in [-0.15, -0.1) is 0 Å². The smallest absolute Gasteiger partial charge is 0.266 e. The number of methoxy groups -OCH3 is 1. The van der Waals surface area contributed by atoms with Gasteiger partial charge in [-0.2, -0.15) is 10.5 Å². The first kappa shape index (κ1) is 24.1. The summed E-state index contributed by atoms with van der Waals surface area (Å²) in [4.78, 5) is 12.8. The van der Waals surface area contributed by atoms with Crippen molar-refractivity contribution < 1.29 is 14.3 Å². The molecule has 0 aliphatic rings. The topological polar surface area (TPSA) is 95.1 Å². The standard InChI is InChI=1S/C28H25N3O3/c1-18-11-19(2)27(20(3)12-18)31-28(32)23(16-30)13-22-7-10-26(33-4)24(14-22)17-34-25-8-5-21(15-29)6-9-25/h5-14H,17H2,1-4H3,(H,31,32). The van der Waals surface area contributed by atoms with Gasteiger partial charge in [0.1, 0.15) is 29.7 Å².